The number of aryl methyl sites for hydroxylation is 4. The molecule has 3 rings (SSSR count). The van der Waals surface area contributed by atoms with Crippen LogP contribution < -0.4 is 5.32 Å². The van der Waals surface area contributed by atoms with Crippen LogP contribution in [0, 0.1) is 13.8 Å². The predicted molar refractivity (Wildman–Crippen MR) is 115 cm³/mol. The monoisotopic (exact) mass is 409 g/mol. The summed E-state index contributed by atoms with van der Waals surface area (Å²) < 4.78 is 1.56. The largest absolute Gasteiger partial charge is 0.476 e. The van der Waals surface area contributed by atoms with Crippen molar-refractivity contribution in [1.82, 2.24) is 9.78 Å². The first kappa shape index (κ1) is 20.7. The summed E-state index contributed by atoms with van der Waals surface area (Å²) in [7, 11) is 0. The highest BCUT2D eigenvalue weighted by molar-refractivity contribution is 8.00. The van der Waals surface area contributed by atoms with E-state index in [4.69, 9.17) is 0 Å². The minimum absolute atomic E-state index is 0.150. The van der Waals surface area contributed by atoms with Gasteiger partial charge in [-0.15, -0.1) is 11.8 Å². The number of benzene rings is 2. The molecular formula is C22H23N3O3S. The van der Waals surface area contributed by atoms with Crippen molar-refractivity contribution >= 4 is 29.3 Å². The molecule has 0 aliphatic carbocycles. The summed E-state index contributed by atoms with van der Waals surface area (Å²) in [6.45, 7) is 4.60. The maximum Gasteiger partial charge on any atom is 0.358 e. The van der Waals surface area contributed by atoms with Crippen LogP contribution in [0.3, 0.4) is 0 Å². The van der Waals surface area contributed by atoms with Gasteiger partial charge in [0.1, 0.15) is 0 Å². The predicted octanol–water partition coefficient (Wildman–Crippen LogP) is 4.17. The zero-order valence-corrected chi connectivity index (χ0v) is 17.2. The molecule has 2 N–H and O–H groups in total. The van der Waals surface area contributed by atoms with Gasteiger partial charge in [0.2, 0.25) is 5.91 Å². The lowest BCUT2D eigenvalue weighted by molar-refractivity contribution is -0.113. The third-order valence-electron chi connectivity index (χ3n) is 4.56. The Bertz CT molecular complexity index is 1020. The molecule has 1 amide bonds. The van der Waals surface area contributed by atoms with Gasteiger partial charge in [0, 0.05) is 17.6 Å². The van der Waals surface area contributed by atoms with Crippen molar-refractivity contribution in [3.05, 3.63) is 77.1 Å². The molecule has 29 heavy (non-hydrogen) atoms. The topological polar surface area (TPSA) is 84.2 Å². The van der Waals surface area contributed by atoms with E-state index in [2.05, 4.69) is 10.4 Å². The number of carbonyl (C=O) groups excluding carboxylic acids is 1. The number of carbonyl (C=O) groups is 2. The molecule has 0 saturated carbocycles. The Balaban J connectivity index is 1.62. The van der Waals surface area contributed by atoms with Gasteiger partial charge in [-0.05, 0) is 49.1 Å². The van der Waals surface area contributed by atoms with Crippen molar-refractivity contribution in [2.75, 3.05) is 11.1 Å². The Morgan fingerprint density at radius 1 is 1.10 bits per heavy atom. The van der Waals surface area contributed by atoms with Crippen LogP contribution in [0.1, 0.15) is 27.2 Å². The van der Waals surface area contributed by atoms with Gasteiger partial charge in [0.25, 0.3) is 0 Å². The van der Waals surface area contributed by atoms with Crippen LogP contribution in [0.4, 0.5) is 5.69 Å². The van der Waals surface area contributed by atoms with Gasteiger partial charge in [-0.1, -0.05) is 36.4 Å². The second-order valence-electron chi connectivity index (χ2n) is 6.78. The van der Waals surface area contributed by atoms with Gasteiger partial charge < -0.3 is 10.4 Å². The van der Waals surface area contributed by atoms with Crippen LogP contribution in [0.25, 0.3) is 0 Å². The quantitative estimate of drug-likeness (QED) is 0.546. The molecule has 0 spiro atoms. The average Bonchev–Trinajstić information content (AvgIpc) is 3.11. The van der Waals surface area contributed by atoms with E-state index < -0.39 is 5.97 Å². The van der Waals surface area contributed by atoms with Crippen LogP contribution in [0.5, 0.6) is 0 Å². The molecule has 0 bridgehead atoms. The lowest BCUT2D eigenvalue weighted by Gasteiger charge is -2.06. The summed E-state index contributed by atoms with van der Waals surface area (Å²) in [5.41, 5.74) is 3.57. The molecule has 1 heterocycles. The summed E-state index contributed by atoms with van der Waals surface area (Å²) in [6, 6.07) is 15.9. The van der Waals surface area contributed by atoms with Crippen molar-refractivity contribution in [3.63, 3.8) is 0 Å². The van der Waals surface area contributed by atoms with Crippen molar-refractivity contribution in [3.8, 4) is 0 Å². The van der Waals surface area contributed by atoms with E-state index >= 15 is 0 Å². The highest BCUT2D eigenvalue weighted by atomic mass is 32.2. The number of hydrogen-bond donors (Lipinski definition) is 2. The molecule has 0 atom stereocenters. The van der Waals surface area contributed by atoms with Gasteiger partial charge in [-0.2, -0.15) is 5.10 Å². The number of rotatable bonds is 8. The van der Waals surface area contributed by atoms with Crippen LogP contribution in [-0.2, 0) is 17.8 Å². The highest BCUT2D eigenvalue weighted by Gasteiger charge is 2.18. The third kappa shape index (κ3) is 5.71. The minimum atomic E-state index is -1.17. The molecule has 6 nitrogen and oxygen atoms in total. The maximum atomic E-state index is 12.3. The standard InChI is InChI=1S/C22H23N3O3S/c1-15-8-9-18(12-16(15)2)29-14-20(26)23-19-13-25(24-21(19)22(27)28)11-10-17-6-4-3-5-7-17/h3-9,12-13H,10-11,14H2,1-2H3,(H,23,26)(H,27,28). The zero-order valence-electron chi connectivity index (χ0n) is 16.4. The van der Waals surface area contributed by atoms with E-state index in [0.29, 0.717) is 6.54 Å². The number of carboxylic acids is 1. The molecule has 0 aliphatic rings. The molecule has 0 fully saturated rings. The van der Waals surface area contributed by atoms with E-state index in [1.807, 2.05) is 62.4 Å². The van der Waals surface area contributed by atoms with Crippen LogP contribution >= 0.6 is 11.8 Å². The fourth-order valence-electron chi connectivity index (χ4n) is 2.81. The number of hydrogen-bond acceptors (Lipinski definition) is 4. The SMILES string of the molecule is Cc1ccc(SCC(=O)Nc2cn(CCc3ccccc3)nc2C(=O)O)cc1C. The van der Waals surface area contributed by atoms with Gasteiger partial charge in [0.15, 0.2) is 5.69 Å². The molecule has 150 valence electrons. The van der Waals surface area contributed by atoms with Gasteiger partial charge in [-0.3, -0.25) is 9.48 Å². The smallest absolute Gasteiger partial charge is 0.358 e. The molecule has 0 radical (unpaired) electrons. The van der Waals surface area contributed by atoms with Crippen molar-refractivity contribution in [2.24, 2.45) is 0 Å². The van der Waals surface area contributed by atoms with Gasteiger partial charge in [-0.25, -0.2) is 4.79 Å². The number of carboxylic acid groups (broad SMARTS) is 1. The van der Waals surface area contributed by atoms with Crippen molar-refractivity contribution in [1.29, 1.82) is 0 Å². The van der Waals surface area contributed by atoms with E-state index in [9.17, 15) is 14.7 Å². The highest BCUT2D eigenvalue weighted by Crippen LogP contribution is 2.22. The molecule has 3 aromatic rings. The molecule has 1 aromatic heterocycles. The van der Waals surface area contributed by atoms with Crippen molar-refractivity contribution in [2.45, 2.75) is 31.7 Å². The Morgan fingerprint density at radius 3 is 2.55 bits per heavy atom. The number of nitrogens with one attached hydrogen (secondary N) is 1. The number of aromatic nitrogens is 2. The lowest BCUT2D eigenvalue weighted by Crippen LogP contribution is -2.15. The first-order valence-corrected chi connectivity index (χ1v) is 10.3. The summed E-state index contributed by atoms with van der Waals surface area (Å²) in [5.74, 6) is -1.24. The molecular weight excluding hydrogens is 386 g/mol. The van der Waals surface area contributed by atoms with Crippen LogP contribution in [0.2, 0.25) is 0 Å². The third-order valence-corrected chi connectivity index (χ3v) is 5.55. The molecule has 0 aliphatic heterocycles. The average molecular weight is 410 g/mol. The van der Waals surface area contributed by atoms with Gasteiger partial charge >= 0.3 is 5.97 Å². The zero-order chi connectivity index (χ0) is 20.8. The summed E-state index contributed by atoms with van der Waals surface area (Å²) in [6.07, 6.45) is 2.29. The molecule has 2 aromatic carbocycles. The summed E-state index contributed by atoms with van der Waals surface area (Å²) in [4.78, 5) is 24.8. The Hall–Kier alpha value is -3.06. The van der Waals surface area contributed by atoms with E-state index in [1.165, 1.54) is 22.9 Å². The van der Waals surface area contributed by atoms with E-state index in [-0.39, 0.29) is 23.0 Å². The first-order chi connectivity index (χ1) is 13.9. The van der Waals surface area contributed by atoms with Crippen LogP contribution in [0.15, 0.2) is 59.6 Å². The van der Waals surface area contributed by atoms with E-state index in [1.54, 1.807) is 10.9 Å². The number of aromatic carboxylic acids is 1. The van der Waals surface area contributed by atoms with Gasteiger partial charge in [0.05, 0.1) is 11.4 Å². The molecule has 7 heteroatoms. The fraction of sp³-hybridized carbons (Fsp3) is 0.227. The minimum Gasteiger partial charge on any atom is -0.476 e. The second kappa shape index (κ2) is 9.43. The Labute approximate surface area is 173 Å². The Kier molecular flexibility index (Phi) is 6.72. The molecule has 0 saturated heterocycles. The number of nitrogens with zero attached hydrogens (tertiary/aromatic N) is 2. The van der Waals surface area contributed by atoms with Crippen LogP contribution in [-0.4, -0.2) is 32.5 Å². The number of thioether (sulfide) groups is 1. The first-order valence-electron chi connectivity index (χ1n) is 9.27. The maximum absolute atomic E-state index is 12.3. The molecule has 0 unspecified atom stereocenters. The fourth-order valence-corrected chi connectivity index (χ4v) is 3.61. The van der Waals surface area contributed by atoms with E-state index in [0.717, 1.165) is 16.9 Å². The summed E-state index contributed by atoms with van der Waals surface area (Å²) >= 11 is 1.41. The summed E-state index contributed by atoms with van der Waals surface area (Å²) in [5, 5.41) is 16.2. The number of anilines is 1. The lowest BCUT2D eigenvalue weighted by atomic mass is 10.1. The normalized spacial score (nSPS) is 10.7. The second-order valence-corrected chi connectivity index (χ2v) is 7.83. The number of amides is 1. The Morgan fingerprint density at radius 2 is 1.86 bits per heavy atom. The van der Waals surface area contributed by atoms with Crippen molar-refractivity contribution < 1.29 is 14.7 Å².